The fraction of sp³-hybridized carbons (Fsp3) is 0.625. The van der Waals surface area contributed by atoms with Gasteiger partial charge < -0.3 is 10.5 Å². The molecule has 0 radical (unpaired) electrons. The Labute approximate surface area is 116 Å². The van der Waals surface area contributed by atoms with Gasteiger partial charge in [-0.2, -0.15) is 0 Å². The summed E-state index contributed by atoms with van der Waals surface area (Å²) in [6.07, 6.45) is 2.61. The van der Waals surface area contributed by atoms with E-state index in [-0.39, 0.29) is 6.04 Å². The summed E-state index contributed by atoms with van der Waals surface area (Å²) in [5, 5.41) is 0. The van der Waals surface area contributed by atoms with Crippen LogP contribution in [0, 0.1) is 0 Å². The molecule has 106 valence electrons. The number of nitrogens with zero attached hydrogens (tertiary/aromatic N) is 1. The van der Waals surface area contributed by atoms with Gasteiger partial charge in [0.1, 0.15) is 5.75 Å². The van der Waals surface area contributed by atoms with Gasteiger partial charge in [0.25, 0.3) is 0 Å². The molecule has 1 aromatic rings. The van der Waals surface area contributed by atoms with Crippen molar-refractivity contribution >= 4 is 0 Å². The van der Waals surface area contributed by atoms with Crippen molar-refractivity contribution in [2.45, 2.75) is 52.2 Å². The van der Waals surface area contributed by atoms with Crippen LogP contribution in [0.4, 0.5) is 0 Å². The standard InChI is InChI=1S/C16H26N2O/c1-4-19-16-8-7-14(13(3)17)10-15(16)11-18-9-5-6-12(18)2/h7-8,10,12-13H,4-6,9,11,17H2,1-3H3. The Bertz CT molecular complexity index is 417. The molecule has 1 heterocycles. The quantitative estimate of drug-likeness (QED) is 0.886. The summed E-state index contributed by atoms with van der Waals surface area (Å²) in [6.45, 7) is 9.23. The largest absolute Gasteiger partial charge is 0.494 e. The van der Waals surface area contributed by atoms with E-state index in [0.29, 0.717) is 12.6 Å². The van der Waals surface area contributed by atoms with E-state index in [4.69, 9.17) is 10.5 Å². The molecule has 2 atom stereocenters. The molecule has 3 nitrogen and oxygen atoms in total. The number of likely N-dealkylation sites (tertiary alicyclic amines) is 1. The minimum atomic E-state index is 0.0745. The van der Waals surface area contributed by atoms with Gasteiger partial charge in [-0.05, 0) is 57.9 Å². The molecule has 1 aliphatic rings. The molecule has 0 saturated carbocycles. The molecule has 0 aromatic heterocycles. The lowest BCUT2D eigenvalue weighted by Crippen LogP contribution is -2.26. The highest BCUT2D eigenvalue weighted by Gasteiger charge is 2.21. The second kappa shape index (κ2) is 6.40. The van der Waals surface area contributed by atoms with Crippen LogP contribution in [0.2, 0.25) is 0 Å². The molecule has 19 heavy (non-hydrogen) atoms. The summed E-state index contributed by atoms with van der Waals surface area (Å²) in [5.41, 5.74) is 8.44. The molecule has 2 N–H and O–H groups in total. The third kappa shape index (κ3) is 3.48. The van der Waals surface area contributed by atoms with Gasteiger partial charge in [0.15, 0.2) is 0 Å². The van der Waals surface area contributed by atoms with E-state index in [1.54, 1.807) is 0 Å². The van der Waals surface area contributed by atoms with Gasteiger partial charge in [0.05, 0.1) is 6.61 Å². The first-order valence-corrected chi connectivity index (χ1v) is 7.37. The van der Waals surface area contributed by atoms with Gasteiger partial charge in [0.2, 0.25) is 0 Å². The maximum absolute atomic E-state index is 5.99. The Hall–Kier alpha value is -1.06. The average Bonchev–Trinajstić information content (AvgIpc) is 2.77. The summed E-state index contributed by atoms with van der Waals surface area (Å²) in [4.78, 5) is 2.53. The van der Waals surface area contributed by atoms with E-state index >= 15 is 0 Å². The molecule has 1 saturated heterocycles. The van der Waals surface area contributed by atoms with Crippen LogP contribution < -0.4 is 10.5 Å². The molecule has 2 unspecified atom stereocenters. The molecular weight excluding hydrogens is 236 g/mol. The maximum atomic E-state index is 5.99. The lowest BCUT2D eigenvalue weighted by atomic mass is 10.0. The Kier molecular flexibility index (Phi) is 4.83. The number of ether oxygens (including phenoxy) is 1. The van der Waals surface area contributed by atoms with Crippen molar-refractivity contribution in [3.63, 3.8) is 0 Å². The number of hydrogen-bond donors (Lipinski definition) is 1. The summed E-state index contributed by atoms with van der Waals surface area (Å²) < 4.78 is 5.75. The van der Waals surface area contributed by atoms with Gasteiger partial charge >= 0.3 is 0 Å². The first-order chi connectivity index (χ1) is 9.11. The third-order valence-corrected chi connectivity index (χ3v) is 3.97. The minimum absolute atomic E-state index is 0.0745. The van der Waals surface area contributed by atoms with Gasteiger partial charge in [0, 0.05) is 24.2 Å². The third-order valence-electron chi connectivity index (χ3n) is 3.97. The van der Waals surface area contributed by atoms with E-state index in [9.17, 15) is 0 Å². The Balaban J connectivity index is 2.21. The first-order valence-electron chi connectivity index (χ1n) is 7.37. The zero-order valence-electron chi connectivity index (χ0n) is 12.4. The van der Waals surface area contributed by atoms with Crippen LogP contribution in [0.5, 0.6) is 5.75 Å². The Morgan fingerprint density at radius 1 is 1.47 bits per heavy atom. The lowest BCUT2D eigenvalue weighted by Gasteiger charge is -2.23. The van der Waals surface area contributed by atoms with E-state index in [1.807, 2.05) is 13.8 Å². The molecular formula is C16H26N2O. The van der Waals surface area contributed by atoms with Crippen molar-refractivity contribution in [1.29, 1.82) is 0 Å². The molecule has 1 fully saturated rings. The molecule has 3 heteroatoms. The van der Waals surface area contributed by atoms with Gasteiger partial charge in [-0.3, -0.25) is 4.90 Å². The molecule has 0 aliphatic carbocycles. The second-order valence-corrected chi connectivity index (χ2v) is 5.55. The zero-order chi connectivity index (χ0) is 13.8. The van der Waals surface area contributed by atoms with Crippen LogP contribution in [0.1, 0.15) is 50.8 Å². The van der Waals surface area contributed by atoms with Crippen LogP contribution in [-0.2, 0) is 6.54 Å². The lowest BCUT2D eigenvalue weighted by molar-refractivity contribution is 0.252. The van der Waals surface area contributed by atoms with E-state index in [2.05, 4.69) is 30.0 Å². The van der Waals surface area contributed by atoms with Gasteiger partial charge in [-0.15, -0.1) is 0 Å². The topological polar surface area (TPSA) is 38.5 Å². The molecule has 0 spiro atoms. The van der Waals surface area contributed by atoms with E-state index in [1.165, 1.54) is 30.5 Å². The summed E-state index contributed by atoms with van der Waals surface area (Å²) >= 11 is 0. The van der Waals surface area contributed by atoms with Crippen molar-refractivity contribution in [2.75, 3.05) is 13.2 Å². The summed E-state index contributed by atoms with van der Waals surface area (Å²) in [6, 6.07) is 7.10. The van der Waals surface area contributed by atoms with Crippen LogP contribution in [-0.4, -0.2) is 24.1 Å². The minimum Gasteiger partial charge on any atom is -0.494 e. The van der Waals surface area contributed by atoms with Crippen molar-refractivity contribution in [3.05, 3.63) is 29.3 Å². The highest BCUT2D eigenvalue weighted by molar-refractivity contribution is 5.38. The Morgan fingerprint density at radius 3 is 2.84 bits per heavy atom. The van der Waals surface area contributed by atoms with Crippen molar-refractivity contribution in [2.24, 2.45) is 5.73 Å². The maximum Gasteiger partial charge on any atom is 0.123 e. The summed E-state index contributed by atoms with van der Waals surface area (Å²) in [5.74, 6) is 1.01. The summed E-state index contributed by atoms with van der Waals surface area (Å²) in [7, 11) is 0. The monoisotopic (exact) mass is 262 g/mol. The van der Waals surface area contributed by atoms with Crippen molar-refractivity contribution in [1.82, 2.24) is 4.90 Å². The van der Waals surface area contributed by atoms with Crippen LogP contribution in [0.25, 0.3) is 0 Å². The molecule has 1 aliphatic heterocycles. The van der Waals surface area contributed by atoms with Crippen LogP contribution in [0.3, 0.4) is 0 Å². The predicted molar refractivity (Wildman–Crippen MR) is 79.3 cm³/mol. The van der Waals surface area contributed by atoms with Crippen molar-refractivity contribution in [3.8, 4) is 5.75 Å². The molecule has 2 rings (SSSR count). The smallest absolute Gasteiger partial charge is 0.123 e. The highest BCUT2D eigenvalue weighted by atomic mass is 16.5. The fourth-order valence-corrected chi connectivity index (χ4v) is 2.75. The van der Waals surface area contributed by atoms with Gasteiger partial charge in [-0.25, -0.2) is 0 Å². The Morgan fingerprint density at radius 2 is 2.26 bits per heavy atom. The van der Waals surface area contributed by atoms with Crippen molar-refractivity contribution < 1.29 is 4.74 Å². The van der Waals surface area contributed by atoms with Crippen LogP contribution >= 0.6 is 0 Å². The normalized spacial score (nSPS) is 21.6. The average molecular weight is 262 g/mol. The first kappa shape index (κ1) is 14.4. The second-order valence-electron chi connectivity index (χ2n) is 5.55. The number of hydrogen-bond acceptors (Lipinski definition) is 3. The van der Waals surface area contributed by atoms with E-state index in [0.717, 1.165) is 12.3 Å². The number of rotatable bonds is 5. The van der Waals surface area contributed by atoms with E-state index < -0.39 is 0 Å². The predicted octanol–water partition coefficient (Wildman–Crippen LogP) is 3.09. The molecule has 1 aromatic carbocycles. The number of benzene rings is 1. The SMILES string of the molecule is CCOc1ccc(C(C)N)cc1CN1CCCC1C. The molecule has 0 bridgehead atoms. The fourth-order valence-electron chi connectivity index (χ4n) is 2.75. The number of nitrogens with two attached hydrogens (primary N) is 1. The highest BCUT2D eigenvalue weighted by Crippen LogP contribution is 2.27. The van der Waals surface area contributed by atoms with Gasteiger partial charge in [-0.1, -0.05) is 6.07 Å². The zero-order valence-corrected chi connectivity index (χ0v) is 12.4. The van der Waals surface area contributed by atoms with Crippen LogP contribution in [0.15, 0.2) is 18.2 Å². The molecule has 0 amide bonds.